The summed E-state index contributed by atoms with van der Waals surface area (Å²) in [6.45, 7) is 2.83. The molecule has 0 fully saturated rings. The van der Waals surface area contributed by atoms with E-state index < -0.39 is 0 Å². The Morgan fingerprint density at radius 1 is 1.03 bits per heavy atom. The van der Waals surface area contributed by atoms with Gasteiger partial charge in [0, 0.05) is 50.0 Å². The number of rotatable bonds is 4. The molecule has 0 saturated carbocycles. The molecule has 0 amide bonds. The van der Waals surface area contributed by atoms with Gasteiger partial charge in [-0.3, -0.25) is 4.98 Å². The van der Waals surface area contributed by atoms with Crippen LogP contribution >= 0.6 is 0 Å². The van der Waals surface area contributed by atoms with E-state index in [-0.39, 0.29) is 0 Å². The van der Waals surface area contributed by atoms with Gasteiger partial charge in [-0.15, -0.1) is 0 Å². The van der Waals surface area contributed by atoms with Gasteiger partial charge in [0.25, 0.3) is 0 Å². The first-order chi connectivity index (χ1) is 14.6. The third-order valence-corrected chi connectivity index (χ3v) is 5.33. The number of anilines is 2. The second-order valence-electron chi connectivity index (χ2n) is 7.62. The summed E-state index contributed by atoms with van der Waals surface area (Å²) in [6, 6.07) is 22.5. The van der Waals surface area contributed by atoms with Crippen molar-refractivity contribution in [1.29, 1.82) is 5.26 Å². The first-order valence-electron chi connectivity index (χ1n) is 9.95. The average molecular weight is 393 g/mol. The lowest BCUT2D eigenvalue weighted by Crippen LogP contribution is -2.23. The third kappa shape index (κ3) is 3.83. The van der Waals surface area contributed by atoms with Crippen LogP contribution in [0.25, 0.3) is 11.1 Å². The summed E-state index contributed by atoms with van der Waals surface area (Å²) in [5, 5.41) is 9.62. The van der Waals surface area contributed by atoms with E-state index in [9.17, 15) is 5.26 Å². The SMILES string of the molecule is Cc1cc(N(C)C)ccc1N1C=C(c2ccccn2)C=C(c2ccccc2C#N)C1. The molecule has 4 nitrogen and oxygen atoms in total. The Morgan fingerprint density at radius 2 is 1.83 bits per heavy atom. The zero-order valence-electron chi connectivity index (χ0n) is 17.5. The normalized spacial score (nSPS) is 13.3. The second-order valence-corrected chi connectivity index (χ2v) is 7.62. The lowest BCUT2D eigenvalue weighted by Gasteiger charge is -2.29. The Hall–Kier alpha value is -3.84. The van der Waals surface area contributed by atoms with Crippen molar-refractivity contribution >= 4 is 22.5 Å². The fourth-order valence-corrected chi connectivity index (χ4v) is 3.76. The smallest absolute Gasteiger partial charge is 0.0998 e. The summed E-state index contributed by atoms with van der Waals surface area (Å²) in [6.07, 6.45) is 6.11. The van der Waals surface area contributed by atoms with Crippen LogP contribution in [0.15, 0.2) is 79.1 Å². The minimum absolute atomic E-state index is 0.686. The molecule has 0 unspecified atom stereocenters. The van der Waals surface area contributed by atoms with Crippen molar-refractivity contribution < 1.29 is 0 Å². The number of pyridine rings is 1. The molecule has 0 aliphatic carbocycles. The number of nitriles is 1. The first kappa shape index (κ1) is 19.5. The van der Waals surface area contributed by atoms with E-state index in [0.717, 1.165) is 28.1 Å². The molecule has 2 heterocycles. The lowest BCUT2D eigenvalue weighted by molar-refractivity contribution is 1.06. The quantitative estimate of drug-likeness (QED) is 0.606. The molecule has 0 atom stereocenters. The number of hydrogen-bond acceptors (Lipinski definition) is 4. The maximum absolute atomic E-state index is 9.62. The van der Waals surface area contributed by atoms with Crippen LogP contribution in [0.4, 0.5) is 11.4 Å². The molecular formula is C26H24N4. The maximum atomic E-state index is 9.62. The minimum atomic E-state index is 0.686. The standard InChI is InChI=1S/C26H24N4/c1-19-14-23(29(2)3)11-12-26(19)30-17-21(24-9-5-4-8-20(24)16-27)15-22(18-30)25-10-6-7-13-28-25/h4-15,18H,17H2,1-3H3. The van der Waals surface area contributed by atoms with Gasteiger partial charge in [0.2, 0.25) is 0 Å². The van der Waals surface area contributed by atoms with Crippen LogP contribution in [0.5, 0.6) is 0 Å². The molecule has 2 aromatic carbocycles. The van der Waals surface area contributed by atoms with Crippen LogP contribution < -0.4 is 9.80 Å². The van der Waals surface area contributed by atoms with E-state index in [1.807, 2.05) is 62.8 Å². The molecule has 4 rings (SSSR count). The monoisotopic (exact) mass is 392 g/mol. The van der Waals surface area contributed by atoms with Crippen molar-refractivity contribution in [1.82, 2.24) is 4.98 Å². The van der Waals surface area contributed by atoms with Gasteiger partial charge in [-0.2, -0.15) is 5.26 Å². The Labute approximate surface area is 178 Å². The second kappa shape index (κ2) is 8.26. The summed E-state index contributed by atoms with van der Waals surface area (Å²) >= 11 is 0. The number of aromatic nitrogens is 1. The van der Waals surface area contributed by atoms with E-state index in [4.69, 9.17) is 0 Å². The van der Waals surface area contributed by atoms with Crippen molar-refractivity contribution in [3.63, 3.8) is 0 Å². The highest BCUT2D eigenvalue weighted by Crippen LogP contribution is 2.34. The molecule has 0 saturated heterocycles. The number of nitrogens with zero attached hydrogens (tertiary/aromatic N) is 4. The van der Waals surface area contributed by atoms with Gasteiger partial charge < -0.3 is 9.80 Å². The molecule has 0 radical (unpaired) electrons. The summed E-state index contributed by atoms with van der Waals surface area (Å²) in [7, 11) is 4.10. The molecule has 148 valence electrons. The van der Waals surface area contributed by atoms with Crippen LogP contribution in [0.3, 0.4) is 0 Å². The van der Waals surface area contributed by atoms with Gasteiger partial charge in [0.05, 0.1) is 17.3 Å². The van der Waals surface area contributed by atoms with Gasteiger partial charge in [-0.25, -0.2) is 0 Å². The third-order valence-electron chi connectivity index (χ3n) is 5.33. The summed E-state index contributed by atoms with van der Waals surface area (Å²) in [4.78, 5) is 8.91. The highest BCUT2D eigenvalue weighted by atomic mass is 15.1. The molecule has 1 aliphatic heterocycles. The minimum Gasteiger partial charge on any atom is -0.378 e. The van der Waals surface area contributed by atoms with Gasteiger partial charge >= 0.3 is 0 Å². The molecular weight excluding hydrogens is 368 g/mol. The summed E-state index contributed by atoms with van der Waals surface area (Å²) < 4.78 is 0. The maximum Gasteiger partial charge on any atom is 0.0998 e. The molecule has 30 heavy (non-hydrogen) atoms. The topological polar surface area (TPSA) is 43.2 Å². The van der Waals surface area contributed by atoms with E-state index in [2.05, 4.69) is 58.3 Å². The first-order valence-corrected chi connectivity index (χ1v) is 9.95. The molecule has 3 aromatic rings. The number of aryl methyl sites for hydroxylation is 1. The van der Waals surface area contributed by atoms with Gasteiger partial charge in [0.1, 0.15) is 0 Å². The lowest BCUT2D eigenvalue weighted by atomic mass is 9.94. The Bertz CT molecular complexity index is 1170. The fraction of sp³-hybridized carbons (Fsp3) is 0.154. The van der Waals surface area contributed by atoms with E-state index >= 15 is 0 Å². The predicted octanol–water partition coefficient (Wildman–Crippen LogP) is 5.27. The Balaban J connectivity index is 1.82. The Kier molecular flexibility index (Phi) is 5.36. The Morgan fingerprint density at radius 3 is 2.53 bits per heavy atom. The highest BCUT2D eigenvalue weighted by molar-refractivity contribution is 5.90. The molecule has 4 heteroatoms. The highest BCUT2D eigenvalue weighted by Gasteiger charge is 2.20. The molecule has 1 aromatic heterocycles. The van der Waals surface area contributed by atoms with E-state index in [1.165, 1.54) is 11.3 Å². The zero-order chi connectivity index (χ0) is 21.1. The van der Waals surface area contributed by atoms with Gasteiger partial charge in [0.15, 0.2) is 0 Å². The van der Waals surface area contributed by atoms with Crippen LogP contribution in [-0.2, 0) is 0 Å². The number of benzene rings is 2. The van der Waals surface area contributed by atoms with Crippen LogP contribution in [0.1, 0.15) is 22.4 Å². The van der Waals surface area contributed by atoms with Crippen LogP contribution in [0.2, 0.25) is 0 Å². The van der Waals surface area contributed by atoms with E-state index in [1.54, 1.807) is 0 Å². The van der Waals surface area contributed by atoms with Crippen molar-refractivity contribution in [3.05, 3.63) is 102 Å². The van der Waals surface area contributed by atoms with Gasteiger partial charge in [-0.05, 0) is 66.1 Å². The van der Waals surface area contributed by atoms with Crippen molar-refractivity contribution in [2.45, 2.75) is 6.92 Å². The van der Waals surface area contributed by atoms with Crippen molar-refractivity contribution in [3.8, 4) is 6.07 Å². The molecule has 0 bridgehead atoms. The molecule has 0 spiro atoms. The number of allylic oxidation sites excluding steroid dienone is 2. The largest absolute Gasteiger partial charge is 0.378 e. The van der Waals surface area contributed by atoms with Crippen LogP contribution in [-0.4, -0.2) is 25.6 Å². The average Bonchev–Trinajstić information content (AvgIpc) is 2.79. The summed E-state index contributed by atoms with van der Waals surface area (Å²) in [5.74, 6) is 0. The van der Waals surface area contributed by atoms with Crippen molar-refractivity contribution in [2.75, 3.05) is 30.4 Å². The zero-order valence-corrected chi connectivity index (χ0v) is 17.5. The predicted molar refractivity (Wildman–Crippen MR) is 124 cm³/mol. The van der Waals surface area contributed by atoms with E-state index in [0.29, 0.717) is 12.1 Å². The fourth-order valence-electron chi connectivity index (χ4n) is 3.76. The van der Waals surface area contributed by atoms with Crippen LogP contribution in [0, 0.1) is 18.3 Å². The van der Waals surface area contributed by atoms with Gasteiger partial charge in [-0.1, -0.05) is 24.3 Å². The summed E-state index contributed by atoms with van der Waals surface area (Å²) in [5.41, 5.74) is 8.22. The molecule has 0 N–H and O–H groups in total. The van der Waals surface area contributed by atoms with Crippen molar-refractivity contribution in [2.24, 2.45) is 0 Å². The number of hydrogen-bond donors (Lipinski definition) is 0. The molecule has 1 aliphatic rings.